The number of aliphatic hydroxyl groups is 5. The van der Waals surface area contributed by atoms with Crippen LogP contribution in [-0.2, 0) is 23.8 Å². The number of carbonyl (C=O) groups excluding carboxylic acids is 2. The largest absolute Gasteiger partial charge is 0.454 e. The molecule has 1 rings (SSSR count). The molecule has 1 heterocycles. The highest BCUT2D eigenvalue weighted by molar-refractivity contribution is 5.80. The summed E-state index contributed by atoms with van der Waals surface area (Å²) in [6.45, 7) is 5.70. The lowest BCUT2D eigenvalue weighted by Gasteiger charge is -2.41. The van der Waals surface area contributed by atoms with Gasteiger partial charge in [0.05, 0.1) is 25.4 Å². The molecule has 1 aliphatic rings. The molecule has 11 heteroatoms. The van der Waals surface area contributed by atoms with Crippen LogP contribution in [0.3, 0.4) is 0 Å². The van der Waals surface area contributed by atoms with Gasteiger partial charge in [0.25, 0.3) is 0 Å². The fraction of sp³-hybridized carbons (Fsp3) is 0.714. The van der Waals surface area contributed by atoms with Gasteiger partial charge >= 0.3 is 5.97 Å². The highest BCUT2D eigenvalue weighted by Gasteiger charge is 2.47. The maximum absolute atomic E-state index is 13.4. The molecule has 0 aromatic carbocycles. The number of nitrogens with one attached hydrogen (secondary N) is 1. The predicted octanol–water partition coefficient (Wildman–Crippen LogP) is 16.1. The first-order valence-electron chi connectivity index (χ1n) is 32.7. The van der Waals surface area contributed by atoms with Crippen LogP contribution in [0.5, 0.6) is 0 Å². The highest BCUT2D eigenvalue weighted by Crippen LogP contribution is 2.26. The van der Waals surface area contributed by atoms with Crippen LogP contribution in [-0.4, -0.2) is 99.6 Å². The van der Waals surface area contributed by atoms with Gasteiger partial charge in [-0.1, -0.05) is 246 Å². The molecule has 6 N–H and O–H groups in total. The van der Waals surface area contributed by atoms with E-state index in [1.165, 1.54) is 96.3 Å². The Kier molecular flexibility index (Phi) is 52.8. The van der Waals surface area contributed by atoms with Crippen molar-refractivity contribution < 1.29 is 49.3 Å². The van der Waals surface area contributed by atoms with Gasteiger partial charge in [-0.2, -0.15) is 0 Å². The Morgan fingerprint density at radius 3 is 1.30 bits per heavy atom. The van der Waals surface area contributed by atoms with Gasteiger partial charge in [-0.25, -0.2) is 0 Å². The lowest BCUT2D eigenvalue weighted by Crippen LogP contribution is -2.61. The van der Waals surface area contributed by atoms with Crippen LogP contribution in [0.1, 0.15) is 258 Å². The van der Waals surface area contributed by atoms with Crippen molar-refractivity contribution in [3.63, 3.8) is 0 Å². The van der Waals surface area contributed by atoms with Crippen molar-refractivity contribution in [2.45, 2.75) is 307 Å². The molecule has 8 atom stereocenters. The Hall–Kier alpha value is -3.68. The maximum Gasteiger partial charge on any atom is 0.306 e. The average molecular weight is 1130 g/mol. The number of hydrogen-bond donors (Lipinski definition) is 6. The summed E-state index contributed by atoms with van der Waals surface area (Å²) in [7, 11) is 0. The first-order valence-corrected chi connectivity index (χ1v) is 32.7. The summed E-state index contributed by atoms with van der Waals surface area (Å²) in [4.78, 5) is 26.6. The van der Waals surface area contributed by atoms with Crippen molar-refractivity contribution in [2.24, 2.45) is 0 Å². The Morgan fingerprint density at radius 2 is 0.852 bits per heavy atom. The number of amides is 1. The van der Waals surface area contributed by atoms with Crippen LogP contribution in [0.2, 0.25) is 0 Å². The van der Waals surface area contributed by atoms with Crippen molar-refractivity contribution in [3.8, 4) is 0 Å². The van der Waals surface area contributed by atoms with Gasteiger partial charge in [-0.05, 0) is 116 Å². The highest BCUT2D eigenvalue weighted by atomic mass is 16.7. The third kappa shape index (κ3) is 44.5. The molecule has 0 radical (unpaired) electrons. The summed E-state index contributed by atoms with van der Waals surface area (Å²) in [5.74, 6) is -1.25. The minimum atomic E-state index is -1.63. The lowest BCUT2D eigenvalue weighted by molar-refractivity contribution is -0.305. The lowest BCUT2D eigenvalue weighted by atomic mass is 9.99. The number of esters is 1. The first-order chi connectivity index (χ1) is 39.7. The summed E-state index contributed by atoms with van der Waals surface area (Å²) in [6, 6.07) is -1.05. The molecular weight excluding hydrogens is 1010 g/mol. The van der Waals surface area contributed by atoms with Gasteiger partial charge in [0, 0.05) is 6.42 Å². The van der Waals surface area contributed by atoms with E-state index in [0.29, 0.717) is 12.8 Å². The fourth-order valence-electron chi connectivity index (χ4n) is 9.44. The van der Waals surface area contributed by atoms with E-state index in [9.17, 15) is 35.1 Å². The monoisotopic (exact) mass is 1130 g/mol. The second-order valence-electron chi connectivity index (χ2n) is 22.1. The topological polar surface area (TPSA) is 175 Å². The van der Waals surface area contributed by atoms with E-state index in [1.807, 2.05) is 6.08 Å². The number of hydrogen-bond acceptors (Lipinski definition) is 10. The minimum Gasteiger partial charge on any atom is -0.454 e. The van der Waals surface area contributed by atoms with E-state index < -0.39 is 67.4 Å². The van der Waals surface area contributed by atoms with Crippen molar-refractivity contribution in [3.05, 3.63) is 109 Å². The standard InChI is InChI=1S/C70H119NO10/c1-4-7-10-13-16-19-22-25-27-29-31-32-33-35-37-40-43-46-49-52-55-58-65(75)81-68-67(77)66(76)64(59-72)80-70(68)79-60-61(62(73)56-53-50-47-44-41-38-24-21-18-15-12-9-6-3)71-69(78)63(74)57-54-51-48-45-42-39-36-34-30-28-26-23-20-17-14-11-8-5-2/h16-17,19-20,25-28,31-32,34-37,42,45,53,56,61-64,66-68,70,72-74,76-77H,4-15,18,21-24,29-30,33,38-41,43-44,46-52,54-55,57-60H2,1-3H3,(H,71,78)/b19-16-,20-17-,27-25-,28-26-,32-31-,36-34-,37-35-,45-42-,56-53+. The zero-order chi connectivity index (χ0) is 58.9. The Balaban J connectivity index is 2.71. The molecule has 464 valence electrons. The summed E-state index contributed by atoms with van der Waals surface area (Å²) in [5.41, 5.74) is 0. The molecule has 0 saturated carbocycles. The van der Waals surface area contributed by atoms with Crippen LogP contribution < -0.4 is 5.32 Å². The molecule has 0 aromatic rings. The Labute approximate surface area is 494 Å². The van der Waals surface area contributed by atoms with E-state index in [-0.39, 0.29) is 19.4 Å². The van der Waals surface area contributed by atoms with E-state index >= 15 is 0 Å². The molecule has 1 saturated heterocycles. The van der Waals surface area contributed by atoms with Crippen LogP contribution in [0, 0.1) is 0 Å². The van der Waals surface area contributed by atoms with Gasteiger partial charge in [0.1, 0.15) is 24.4 Å². The minimum absolute atomic E-state index is 0.0927. The quantitative estimate of drug-likeness (QED) is 0.0195. The molecule has 1 fully saturated rings. The maximum atomic E-state index is 13.4. The number of carbonyl (C=O) groups is 2. The number of rotatable bonds is 54. The predicted molar refractivity (Wildman–Crippen MR) is 338 cm³/mol. The molecule has 0 spiro atoms. The molecule has 0 aliphatic carbocycles. The SMILES string of the molecule is CCCCC/C=C\C/C=C\C/C=C\C/C=C\CCCCCCCC(=O)OC1C(OCC(NC(=O)C(O)CCCC/C=C\C/C=C\C/C=C\C/C=C\CCCCC)C(O)/C=C/CCCCCCCCCCCCC)OC(CO)C(O)C1O. The molecule has 0 aromatic heterocycles. The van der Waals surface area contributed by atoms with Crippen molar-refractivity contribution in [1.29, 1.82) is 0 Å². The van der Waals surface area contributed by atoms with Gasteiger partial charge in [0.2, 0.25) is 5.91 Å². The number of allylic oxidation sites excluding steroid dienone is 17. The molecule has 11 nitrogen and oxygen atoms in total. The molecule has 0 bridgehead atoms. The van der Waals surface area contributed by atoms with Crippen molar-refractivity contribution in [1.82, 2.24) is 5.32 Å². The van der Waals surface area contributed by atoms with Gasteiger partial charge in [-0.3, -0.25) is 9.59 Å². The van der Waals surface area contributed by atoms with E-state index in [0.717, 1.165) is 116 Å². The van der Waals surface area contributed by atoms with Gasteiger partial charge < -0.3 is 45.1 Å². The second-order valence-corrected chi connectivity index (χ2v) is 22.1. The van der Waals surface area contributed by atoms with Gasteiger partial charge in [0.15, 0.2) is 12.4 Å². The van der Waals surface area contributed by atoms with Crippen LogP contribution in [0.4, 0.5) is 0 Å². The van der Waals surface area contributed by atoms with Crippen molar-refractivity contribution in [2.75, 3.05) is 13.2 Å². The molecule has 8 unspecified atom stereocenters. The number of unbranched alkanes of at least 4 members (excludes halogenated alkanes) is 24. The first kappa shape index (κ1) is 75.3. The summed E-state index contributed by atoms with van der Waals surface area (Å²) >= 11 is 0. The summed E-state index contributed by atoms with van der Waals surface area (Å²) in [6.07, 6.45) is 66.8. The smallest absolute Gasteiger partial charge is 0.306 e. The Morgan fingerprint density at radius 1 is 0.481 bits per heavy atom. The molecule has 81 heavy (non-hydrogen) atoms. The molecular formula is C70H119NO10. The van der Waals surface area contributed by atoms with E-state index in [1.54, 1.807) is 6.08 Å². The Bertz CT molecular complexity index is 1730. The van der Waals surface area contributed by atoms with Crippen LogP contribution in [0.15, 0.2) is 109 Å². The average Bonchev–Trinajstić information content (AvgIpc) is 3.53. The second kappa shape index (κ2) is 56.8. The zero-order valence-corrected chi connectivity index (χ0v) is 51.4. The normalized spacial score (nSPS) is 19.4. The van der Waals surface area contributed by atoms with Crippen LogP contribution >= 0.6 is 0 Å². The van der Waals surface area contributed by atoms with Gasteiger partial charge in [-0.15, -0.1) is 0 Å². The van der Waals surface area contributed by atoms with E-state index in [4.69, 9.17) is 14.2 Å². The number of ether oxygens (including phenoxy) is 3. The summed E-state index contributed by atoms with van der Waals surface area (Å²) in [5, 5.41) is 57.1. The van der Waals surface area contributed by atoms with Crippen molar-refractivity contribution >= 4 is 11.9 Å². The molecule has 1 amide bonds. The number of aliphatic hydroxyl groups excluding tert-OH is 5. The third-order valence-electron chi connectivity index (χ3n) is 14.6. The summed E-state index contributed by atoms with van der Waals surface area (Å²) < 4.78 is 17.6. The third-order valence-corrected chi connectivity index (χ3v) is 14.6. The molecule has 1 aliphatic heterocycles. The van der Waals surface area contributed by atoms with Crippen LogP contribution in [0.25, 0.3) is 0 Å². The zero-order valence-electron chi connectivity index (χ0n) is 51.4. The fourth-order valence-corrected chi connectivity index (χ4v) is 9.44. The van der Waals surface area contributed by atoms with E-state index in [2.05, 4.69) is 123 Å².